The van der Waals surface area contributed by atoms with Crippen molar-refractivity contribution >= 4 is 29.0 Å². The molecule has 0 unspecified atom stereocenters. The van der Waals surface area contributed by atoms with Crippen LogP contribution >= 0.6 is 11.6 Å². The Morgan fingerprint density at radius 3 is 2.59 bits per heavy atom. The number of carbonyl (C=O) groups excluding carboxylic acids is 2. The van der Waals surface area contributed by atoms with Crippen molar-refractivity contribution in [1.82, 2.24) is 10.2 Å². The summed E-state index contributed by atoms with van der Waals surface area (Å²) in [4.78, 5) is 27.2. The third-order valence-electron chi connectivity index (χ3n) is 6.37. The highest BCUT2D eigenvalue weighted by Crippen LogP contribution is 2.29. The van der Waals surface area contributed by atoms with Gasteiger partial charge in [0, 0.05) is 19.0 Å². The van der Waals surface area contributed by atoms with Crippen molar-refractivity contribution in [3.63, 3.8) is 0 Å². The van der Waals surface area contributed by atoms with Crippen LogP contribution in [0.2, 0.25) is 5.02 Å². The van der Waals surface area contributed by atoms with E-state index in [0.29, 0.717) is 40.9 Å². The minimum atomic E-state index is -0.442. The molecule has 0 saturated carbocycles. The molecule has 0 aliphatic carbocycles. The van der Waals surface area contributed by atoms with Gasteiger partial charge in [-0.25, -0.2) is 4.39 Å². The maximum absolute atomic E-state index is 13.7. The van der Waals surface area contributed by atoms with Crippen molar-refractivity contribution in [2.75, 3.05) is 39.0 Å². The average Bonchev–Trinajstić information content (AvgIpc) is 2.84. The number of nitrogen functional groups attached to an aromatic ring is 1. The summed E-state index contributed by atoms with van der Waals surface area (Å²) < 4.78 is 18.9. The highest BCUT2D eigenvalue weighted by atomic mass is 35.5. The van der Waals surface area contributed by atoms with Crippen molar-refractivity contribution in [2.24, 2.45) is 5.92 Å². The second-order valence-electron chi connectivity index (χ2n) is 8.78. The number of ether oxygens (including phenoxy) is 1. The number of unbranched alkanes of at least 4 members (excludes halogenated alkanes) is 2. The molecule has 1 amide bonds. The quantitative estimate of drug-likeness (QED) is 0.265. The lowest BCUT2D eigenvalue weighted by atomic mass is 9.96. The number of anilines is 1. The van der Waals surface area contributed by atoms with Crippen LogP contribution in [0.25, 0.3) is 0 Å². The fourth-order valence-corrected chi connectivity index (χ4v) is 4.45. The van der Waals surface area contributed by atoms with Gasteiger partial charge in [-0.05, 0) is 69.4 Å². The summed E-state index contributed by atoms with van der Waals surface area (Å²) in [5.41, 5.74) is 6.73. The van der Waals surface area contributed by atoms with Crippen LogP contribution in [0.4, 0.5) is 10.1 Å². The van der Waals surface area contributed by atoms with Gasteiger partial charge in [-0.3, -0.25) is 9.59 Å². The Morgan fingerprint density at radius 1 is 1.15 bits per heavy atom. The molecule has 0 spiro atoms. The number of Topliss-reactive ketones (excluding diaryl/α,β-unsaturated/α-hetero) is 1. The van der Waals surface area contributed by atoms with E-state index in [1.807, 2.05) is 0 Å². The number of carbonyl (C=O) groups is 2. The smallest absolute Gasteiger partial charge is 0.255 e. The molecule has 34 heavy (non-hydrogen) atoms. The summed E-state index contributed by atoms with van der Waals surface area (Å²) in [5, 5.41) is 3.33. The SMILES string of the molecule is COc1cc(N)c(Cl)cc1C(=O)NCC1CCN(CCCCCC(=O)c2ccccc2F)CC1. The molecule has 0 bridgehead atoms. The number of hydrogen-bond acceptors (Lipinski definition) is 5. The zero-order chi connectivity index (χ0) is 24.5. The van der Waals surface area contributed by atoms with Crippen LogP contribution in [-0.2, 0) is 0 Å². The predicted octanol–water partition coefficient (Wildman–Crippen LogP) is 4.96. The van der Waals surface area contributed by atoms with Gasteiger partial charge >= 0.3 is 0 Å². The van der Waals surface area contributed by atoms with Gasteiger partial charge in [0.15, 0.2) is 5.78 Å². The van der Waals surface area contributed by atoms with E-state index in [1.165, 1.54) is 19.2 Å². The molecule has 1 heterocycles. The number of amides is 1. The van der Waals surface area contributed by atoms with Crippen LogP contribution in [0.5, 0.6) is 5.75 Å². The summed E-state index contributed by atoms with van der Waals surface area (Å²) in [6.07, 6.45) is 5.16. The van der Waals surface area contributed by atoms with Crippen molar-refractivity contribution in [3.8, 4) is 5.75 Å². The lowest BCUT2D eigenvalue weighted by molar-refractivity contribution is 0.0932. The lowest BCUT2D eigenvalue weighted by Crippen LogP contribution is -2.39. The number of nitrogens with zero attached hydrogens (tertiary/aromatic N) is 1. The van der Waals surface area contributed by atoms with Crippen LogP contribution in [0.1, 0.15) is 59.2 Å². The summed E-state index contributed by atoms with van der Waals surface area (Å²) in [7, 11) is 1.50. The number of benzene rings is 2. The molecule has 8 heteroatoms. The summed E-state index contributed by atoms with van der Waals surface area (Å²) in [6.45, 7) is 3.58. The molecule has 3 rings (SSSR count). The van der Waals surface area contributed by atoms with E-state index in [1.54, 1.807) is 24.3 Å². The summed E-state index contributed by atoms with van der Waals surface area (Å²) in [5.74, 6) is 0.0487. The third kappa shape index (κ3) is 7.18. The highest BCUT2D eigenvalue weighted by Gasteiger charge is 2.21. The van der Waals surface area contributed by atoms with Crippen LogP contribution in [0, 0.1) is 11.7 Å². The van der Waals surface area contributed by atoms with E-state index in [2.05, 4.69) is 10.2 Å². The molecular weight excluding hydrogens is 457 g/mol. The predicted molar refractivity (Wildman–Crippen MR) is 133 cm³/mol. The first-order valence-electron chi connectivity index (χ1n) is 11.8. The number of hydrogen-bond donors (Lipinski definition) is 2. The molecule has 3 N–H and O–H groups in total. The zero-order valence-electron chi connectivity index (χ0n) is 19.6. The molecule has 0 aromatic heterocycles. The normalized spacial score (nSPS) is 14.7. The number of piperidine rings is 1. The van der Waals surface area contributed by atoms with Gasteiger partial charge < -0.3 is 20.7 Å². The molecule has 1 aliphatic rings. The number of likely N-dealkylation sites (tertiary alicyclic amines) is 1. The Bertz CT molecular complexity index is 993. The fraction of sp³-hybridized carbons (Fsp3) is 0.462. The van der Waals surface area contributed by atoms with Gasteiger partial charge in [-0.15, -0.1) is 0 Å². The molecule has 1 aliphatic heterocycles. The van der Waals surface area contributed by atoms with Crippen LogP contribution in [0.3, 0.4) is 0 Å². The number of ketones is 1. The minimum Gasteiger partial charge on any atom is -0.496 e. The lowest BCUT2D eigenvalue weighted by Gasteiger charge is -2.32. The zero-order valence-corrected chi connectivity index (χ0v) is 20.4. The Hall–Kier alpha value is -2.64. The number of methoxy groups -OCH3 is 1. The Labute approximate surface area is 205 Å². The standard InChI is InChI=1S/C26H33ClFN3O3/c1-34-25-16-23(29)21(27)15-20(25)26(33)30-17-18-10-13-31(14-11-18)12-6-2-3-9-24(32)19-7-4-5-8-22(19)28/h4-5,7-8,15-16,18H,2-3,6,9-14,17,29H2,1H3,(H,30,33). The molecule has 6 nitrogen and oxygen atoms in total. The molecule has 2 aromatic rings. The van der Waals surface area contributed by atoms with E-state index < -0.39 is 5.82 Å². The van der Waals surface area contributed by atoms with Crippen molar-refractivity contribution in [2.45, 2.75) is 38.5 Å². The summed E-state index contributed by atoms with van der Waals surface area (Å²) >= 11 is 6.07. The minimum absolute atomic E-state index is 0.125. The number of halogens is 2. The second kappa shape index (κ2) is 12.7. The molecule has 2 aromatic carbocycles. The number of nitrogens with two attached hydrogens (primary N) is 1. The maximum atomic E-state index is 13.7. The van der Waals surface area contributed by atoms with E-state index >= 15 is 0 Å². The van der Waals surface area contributed by atoms with Gasteiger partial charge in [0.2, 0.25) is 0 Å². The first-order valence-corrected chi connectivity index (χ1v) is 12.2. The van der Waals surface area contributed by atoms with Gasteiger partial charge in [-0.2, -0.15) is 0 Å². The number of rotatable bonds is 11. The van der Waals surface area contributed by atoms with E-state index in [-0.39, 0.29) is 17.3 Å². The monoisotopic (exact) mass is 489 g/mol. The summed E-state index contributed by atoms with van der Waals surface area (Å²) in [6, 6.07) is 9.26. The number of nitrogens with one attached hydrogen (secondary N) is 1. The van der Waals surface area contributed by atoms with Crippen molar-refractivity contribution in [1.29, 1.82) is 0 Å². The van der Waals surface area contributed by atoms with Crippen LogP contribution < -0.4 is 15.8 Å². The van der Waals surface area contributed by atoms with Crippen LogP contribution in [-0.4, -0.2) is 49.9 Å². The van der Waals surface area contributed by atoms with Gasteiger partial charge in [-0.1, -0.05) is 30.2 Å². The Balaban J connectivity index is 1.31. The molecule has 184 valence electrons. The van der Waals surface area contributed by atoms with Gasteiger partial charge in [0.1, 0.15) is 11.6 Å². The molecule has 1 saturated heterocycles. The van der Waals surface area contributed by atoms with Crippen LogP contribution in [0.15, 0.2) is 36.4 Å². The Kier molecular flexibility index (Phi) is 9.72. The first kappa shape index (κ1) is 26.0. The molecule has 1 fully saturated rings. The maximum Gasteiger partial charge on any atom is 0.255 e. The van der Waals surface area contributed by atoms with Crippen molar-refractivity contribution < 1.29 is 18.7 Å². The first-order chi connectivity index (χ1) is 16.4. The largest absolute Gasteiger partial charge is 0.496 e. The van der Waals surface area contributed by atoms with Gasteiger partial charge in [0.25, 0.3) is 5.91 Å². The van der Waals surface area contributed by atoms with Crippen molar-refractivity contribution in [3.05, 3.63) is 58.4 Å². The molecule has 0 radical (unpaired) electrons. The average molecular weight is 490 g/mol. The Morgan fingerprint density at radius 2 is 1.88 bits per heavy atom. The fourth-order valence-electron chi connectivity index (χ4n) is 4.28. The van der Waals surface area contributed by atoms with E-state index in [4.69, 9.17) is 22.1 Å². The van der Waals surface area contributed by atoms with E-state index in [0.717, 1.165) is 51.7 Å². The molecular formula is C26H33ClFN3O3. The second-order valence-corrected chi connectivity index (χ2v) is 9.19. The molecule has 0 atom stereocenters. The van der Waals surface area contributed by atoms with Gasteiger partial charge in [0.05, 0.1) is 28.9 Å². The van der Waals surface area contributed by atoms with E-state index in [9.17, 15) is 14.0 Å². The highest BCUT2D eigenvalue weighted by molar-refractivity contribution is 6.33. The topological polar surface area (TPSA) is 84.7 Å². The third-order valence-corrected chi connectivity index (χ3v) is 6.70.